The first kappa shape index (κ1) is 10.5. The van der Waals surface area contributed by atoms with Crippen LogP contribution in [-0.2, 0) is 11.8 Å². The van der Waals surface area contributed by atoms with Gasteiger partial charge < -0.3 is 4.74 Å². The van der Waals surface area contributed by atoms with Crippen LogP contribution in [0.3, 0.4) is 0 Å². The zero-order valence-electron chi connectivity index (χ0n) is 10.4. The molecule has 0 fully saturated rings. The third kappa shape index (κ3) is 1.45. The van der Waals surface area contributed by atoms with E-state index in [9.17, 15) is 0 Å². The van der Waals surface area contributed by atoms with Gasteiger partial charge in [-0.05, 0) is 54.4 Å². The Labute approximate surface area is 92.5 Å². The average Bonchev–Trinajstić information content (AvgIpc) is 2.42. The Hall–Kier alpha value is -0.980. The number of hydrogen-bond donors (Lipinski definition) is 0. The molecular formula is C14H20O. The minimum absolute atomic E-state index is 0.320. The number of benzene rings is 1. The van der Waals surface area contributed by atoms with E-state index in [0.29, 0.717) is 5.41 Å². The van der Waals surface area contributed by atoms with Gasteiger partial charge in [-0.25, -0.2) is 0 Å². The van der Waals surface area contributed by atoms with Gasteiger partial charge in [0, 0.05) is 0 Å². The lowest BCUT2D eigenvalue weighted by Gasteiger charge is -2.23. The smallest absolute Gasteiger partial charge is 0.124 e. The molecule has 1 aromatic carbocycles. The molecule has 2 rings (SSSR count). The first-order valence-electron chi connectivity index (χ1n) is 5.65. The molecule has 15 heavy (non-hydrogen) atoms. The highest BCUT2D eigenvalue weighted by Gasteiger charge is 2.32. The van der Waals surface area contributed by atoms with Gasteiger partial charge in [-0.15, -0.1) is 0 Å². The fraction of sp³-hybridized carbons (Fsp3) is 0.571. The molecule has 0 spiro atoms. The number of hydrogen-bond acceptors (Lipinski definition) is 1. The van der Waals surface area contributed by atoms with E-state index < -0.39 is 0 Å². The minimum atomic E-state index is 0.320. The minimum Gasteiger partial charge on any atom is -0.496 e. The van der Waals surface area contributed by atoms with Gasteiger partial charge in [-0.3, -0.25) is 0 Å². The van der Waals surface area contributed by atoms with Crippen molar-refractivity contribution in [3.05, 3.63) is 28.3 Å². The van der Waals surface area contributed by atoms with Crippen LogP contribution in [0, 0.1) is 13.8 Å². The maximum Gasteiger partial charge on any atom is 0.124 e. The zero-order chi connectivity index (χ0) is 11.2. The summed E-state index contributed by atoms with van der Waals surface area (Å²) in [5.74, 6) is 1.07. The van der Waals surface area contributed by atoms with E-state index in [4.69, 9.17) is 4.74 Å². The molecule has 1 aliphatic rings. The molecule has 0 amide bonds. The first-order valence-corrected chi connectivity index (χ1v) is 5.65. The van der Waals surface area contributed by atoms with Crippen LogP contribution < -0.4 is 4.74 Å². The lowest BCUT2D eigenvalue weighted by molar-refractivity contribution is 0.405. The van der Waals surface area contributed by atoms with Gasteiger partial charge in [-0.1, -0.05) is 19.9 Å². The SMILES string of the molecule is COc1c(C)cc2c(c1C)C(C)(C)CC2. The Morgan fingerprint density at radius 2 is 1.93 bits per heavy atom. The average molecular weight is 204 g/mol. The number of aryl methyl sites for hydroxylation is 2. The predicted octanol–water partition coefficient (Wildman–Crippen LogP) is 3.54. The predicted molar refractivity (Wildman–Crippen MR) is 63.8 cm³/mol. The molecule has 0 radical (unpaired) electrons. The molecule has 82 valence electrons. The van der Waals surface area contributed by atoms with E-state index >= 15 is 0 Å². The Morgan fingerprint density at radius 3 is 2.53 bits per heavy atom. The fourth-order valence-corrected chi connectivity index (χ4v) is 3.07. The van der Waals surface area contributed by atoms with Crippen molar-refractivity contribution in [1.82, 2.24) is 0 Å². The lowest BCUT2D eigenvalue weighted by atomic mass is 9.83. The molecule has 0 aliphatic heterocycles. The topological polar surface area (TPSA) is 9.23 Å². The first-order chi connectivity index (χ1) is 6.97. The molecule has 0 saturated carbocycles. The Kier molecular flexibility index (Phi) is 2.29. The monoisotopic (exact) mass is 204 g/mol. The maximum atomic E-state index is 5.49. The summed E-state index contributed by atoms with van der Waals surface area (Å²) in [5, 5.41) is 0. The highest BCUT2D eigenvalue weighted by atomic mass is 16.5. The molecule has 0 unspecified atom stereocenters. The van der Waals surface area contributed by atoms with Gasteiger partial charge in [0.15, 0.2) is 0 Å². The van der Waals surface area contributed by atoms with E-state index in [2.05, 4.69) is 33.8 Å². The van der Waals surface area contributed by atoms with Crippen molar-refractivity contribution in [3.8, 4) is 5.75 Å². The van der Waals surface area contributed by atoms with Gasteiger partial charge in [0.05, 0.1) is 7.11 Å². The van der Waals surface area contributed by atoms with E-state index in [1.54, 1.807) is 7.11 Å². The van der Waals surface area contributed by atoms with Crippen molar-refractivity contribution in [2.75, 3.05) is 7.11 Å². The van der Waals surface area contributed by atoms with Crippen LogP contribution in [0.15, 0.2) is 6.07 Å². The van der Waals surface area contributed by atoms with Crippen molar-refractivity contribution in [2.45, 2.75) is 46.0 Å². The standard InChI is InChI=1S/C14H20O/c1-9-8-11-6-7-14(3,4)12(11)10(2)13(9)15-5/h8H,6-7H2,1-5H3. The van der Waals surface area contributed by atoms with Gasteiger partial charge in [0.1, 0.15) is 5.75 Å². The van der Waals surface area contributed by atoms with E-state index in [0.717, 1.165) is 5.75 Å². The quantitative estimate of drug-likeness (QED) is 0.680. The van der Waals surface area contributed by atoms with Crippen LogP contribution in [0.5, 0.6) is 5.75 Å². The summed E-state index contributed by atoms with van der Waals surface area (Å²) in [7, 11) is 1.77. The zero-order valence-corrected chi connectivity index (χ0v) is 10.4. The molecule has 0 saturated heterocycles. The molecular weight excluding hydrogens is 184 g/mol. The van der Waals surface area contributed by atoms with Gasteiger partial charge in [-0.2, -0.15) is 0 Å². The molecule has 1 heteroatoms. The van der Waals surface area contributed by atoms with Crippen molar-refractivity contribution < 1.29 is 4.74 Å². The molecule has 0 bridgehead atoms. The summed E-state index contributed by atoms with van der Waals surface area (Å²) in [6, 6.07) is 2.30. The largest absolute Gasteiger partial charge is 0.496 e. The maximum absolute atomic E-state index is 5.49. The molecule has 1 aliphatic carbocycles. The number of ether oxygens (including phenoxy) is 1. The third-order valence-electron chi connectivity index (χ3n) is 3.69. The van der Waals surface area contributed by atoms with Gasteiger partial charge in [0.25, 0.3) is 0 Å². The van der Waals surface area contributed by atoms with Gasteiger partial charge >= 0.3 is 0 Å². The second-order valence-corrected chi connectivity index (χ2v) is 5.27. The van der Waals surface area contributed by atoms with Crippen LogP contribution in [0.4, 0.5) is 0 Å². The Balaban J connectivity index is 2.70. The fourth-order valence-electron chi connectivity index (χ4n) is 3.07. The highest BCUT2D eigenvalue weighted by Crippen LogP contribution is 2.44. The Bertz CT molecular complexity index is 402. The summed E-state index contributed by atoms with van der Waals surface area (Å²) in [4.78, 5) is 0. The van der Waals surface area contributed by atoms with Gasteiger partial charge in [0.2, 0.25) is 0 Å². The van der Waals surface area contributed by atoms with E-state index in [-0.39, 0.29) is 0 Å². The summed E-state index contributed by atoms with van der Waals surface area (Å²) in [5.41, 5.74) is 5.97. The summed E-state index contributed by atoms with van der Waals surface area (Å²) >= 11 is 0. The van der Waals surface area contributed by atoms with Crippen molar-refractivity contribution in [2.24, 2.45) is 0 Å². The van der Waals surface area contributed by atoms with Crippen LogP contribution in [0.25, 0.3) is 0 Å². The molecule has 0 aromatic heterocycles. The lowest BCUT2D eigenvalue weighted by Crippen LogP contribution is -2.14. The summed E-state index contributed by atoms with van der Waals surface area (Å²) < 4.78 is 5.49. The second kappa shape index (κ2) is 3.26. The normalized spacial score (nSPS) is 17.7. The van der Waals surface area contributed by atoms with Crippen LogP contribution in [-0.4, -0.2) is 7.11 Å². The Morgan fingerprint density at radius 1 is 1.27 bits per heavy atom. The van der Waals surface area contributed by atoms with Crippen molar-refractivity contribution in [1.29, 1.82) is 0 Å². The third-order valence-corrected chi connectivity index (χ3v) is 3.69. The molecule has 1 nitrogen and oxygen atoms in total. The summed E-state index contributed by atoms with van der Waals surface area (Å²) in [6.07, 6.45) is 2.48. The highest BCUT2D eigenvalue weighted by molar-refractivity contribution is 5.54. The molecule has 0 heterocycles. The van der Waals surface area contributed by atoms with Crippen LogP contribution in [0.1, 0.15) is 42.5 Å². The van der Waals surface area contributed by atoms with Crippen LogP contribution in [0.2, 0.25) is 0 Å². The van der Waals surface area contributed by atoms with Crippen LogP contribution >= 0.6 is 0 Å². The number of methoxy groups -OCH3 is 1. The summed E-state index contributed by atoms with van der Waals surface area (Å²) in [6.45, 7) is 9.00. The van der Waals surface area contributed by atoms with Crippen molar-refractivity contribution in [3.63, 3.8) is 0 Å². The second-order valence-electron chi connectivity index (χ2n) is 5.27. The number of rotatable bonds is 1. The molecule has 0 atom stereocenters. The van der Waals surface area contributed by atoms with E-state index in [1.165, 1.54) is 35.1 Å². The van der Waals surface area contributed by atoms with E-state index in [1.807, 2.05) is 0 Å². The molecule has 0 N–H and O–H groups in total. The molecule has 1 aromatic rings. The number of fused-ring (bicyclic) bond motifs is 1. The van der Waals surface area contributed by atoms with Crippen molar-refractivity contribution >= 4 is 0 Å².